The number of ether oxygens (including phenoxy) is 1. The Hall–Kier alpha value is -2.96. The summed E-state index contributed by atoms with van der Waals surface area (Å²) in [6.07, 6.45) is 5.12. The highest BCUT2D eigenvalue weighted by atomic mass is 16.5. The zero-order valence-corrected chi connectivity index (χ0v) is 17.8. The van der Waals surface area contributed by atoms with E-state index >= 15 is 0 Å². The van der Waals surface area contributed by atoms with Crippen molar-refractivity contribution in [1.82, 2.24) is 4.90 Å². The molecule has 1 aliphatic heterocycles. The molecule has 6 rings (SSSR count). The second-order valence-corrected chi connectivity index (χ2v) is 9.40. The Morgan fingerprint density at radius 1 is 0.968 bits per heavy atom. The molecule has 7 nitrogen and oxygen atoms in total. The molecular formula is C24H26N2O5. The summed E-state index contributed by atoms with van der Waals surface area (Å²) in [5, 5.41) is 2.75. The maximum atomic E-state index is 13.1. The van der Waals surface area contributed by atoms with Gasteiger partial charge in [-0.05, 0) is 75.1 Å². The summed E-state index contributed by atoms with van der Waals surface area (Å²) in [6, 6.07) is 5.45. The van der Waals surface area contributed by atoms with E-state index in [0.717, 1.165) is 6.42 Å². The van der Waals surface area contributed by atoms with Gasteiger partial charge in [-0.3, -0.25) is 19.3 Å². The molecular weight excluding hydrogens is 396 g/mol. The Morgan fingerprint density at radius 3 is 2.03 bits per heavy atom. The van der Waals surface area contributed by atoms with Gasteiger partial charge in [-0.2, -0.15) is 0 Å². The summed E-state index contributed by atoms with van der Waals surface area (Å²) in [5.74, 6) is -0.592. The first-order chi connectivity index (χ1) is 14.8. The van der Waals surface area contributed by atoms with Gasteiger partial charge in [-0.25, -0.2) is 4.79 Å². The van der Waals surface area contributed by atoms with Crippen molar-refractivity contribution in [3.05, 3.63) is 42.0 Å². The van der Waals surface area contributed by atoms with E-state index in [1.54, 1.807) is 45.0 Å². The predicted molar refractivity (Wildman–Crippen MR) is 112 cm³/mol. The third-order valence-corrected chi connectivity index (χ3v) is 7.19. The number of allylic oxidation sites excluding steroid dienone is 2. The molecule has 3 fully saturated rings. The van der Waals surface area contributed by atoms with Crippen LogP contribution >= 0.6 is 0 Å². The van der Waals surface area contributed by atoms with E-state index in [1.165, 1.54) is 4.90 Å². The van der Waals surface area contributed by atoms with Crippen molar-refractivity contribution in [1.29, 1.82) is 0 Å². The van der Waals surface area contributed by atoms with Crippen molar-refractivity contribution in [2.75, 3.05) is 5.32 Å². The molecule has 7 atom stereocenters. The number of hydrogen-bond donors (Lipinski definition) is 1. The minimum absolute atomic E-state index is 0.134. The molecule has 31 heavy (non-hydrogen) atoms. The number of carbonyl (C=O) groups is 4. The monoisotopic (exact) mass is 422 g/mol. The Bertz CT molecular complexity index is 962. The van der Waals surface area contributed by atoms with Gasteiger partial charge in [0.1, 0.15) is 6.04 Å². The van der Waals surface area contributed by atoms with Crippen LogP contribution in [0.4, 0.5) is 5.69 Å². The average Bonchev–Trinajstić information content (AvgIpc) is 3.51. The molecule has 1 saturated heterocycles. The average molecular weight is 422 g/mol. The van der Waals surface area contributed by atoms with Crippen molar-refractivity contribution in [3.8, 4) is 0 Å². The van der Waals surface area contributed by atoms with Crippen molar-refractivity contribution in [2.24, 2.45) is 35.5 Å². The summed E-state index contributed by atoms with van der Waals surface area (Å²) in [7, 11) is 0. The molecule has 2 bridgehead atoms. The number of hydrogen-bond acceptors (Lipinski definition) is 5. The number of benzene rings is 1. The fourth-order valence-electron chi connectivity index (χ4n) is 5.70. The van der Waals surface area contributed by atoms with Gasteiger partial charge in [0.25, 0.3) is 0 Å². The number of carbonyl (C=O) groups excluding carboxylic acids is 4. The number of likely N-dealkylation sites (tertiary alicyclic amines) is 1. The zero-order chi connectivity index (χ0) is 22.0. The van der Waals surface area contributed by atoms with E-state index in [0.29, 0.717) is 23.1 Å². The van der Waals surface area contributed by atoms with Crippen molar-refractivity contribution >= 4 is 29.4 Å². The molecule has 0 aromatic heterocycles. The fraction of sp³-hybridized carbons (Fsp3) is 0.500. The van der Waals surface area contributed by atoms with E-state index in [9.17, 15) is 19.2 Å². The first-order valence-electron chi connectivity index (χ1n) is 10.9. The van der Waals surface area contributed by atoms with E-state index in [2.05, 4.69) is 17.5 Å². The Balaban J connectivity index is 1.27. The molecule has 2 saturated carbocycles. The minimum atomic E-state index is -0.896. The molecule has 0 radical (unpaired) electrons. The lowest BCUT2D eigenvalue weighted by atomic mass is 9.63. The topological polar surface area (TPSA) is 92.8 Å². The van der Waals surface area contributed by atoms with Gasteiger partial charge in [0, 0.05) is 5.69 Å². The summed E-state index contributed by atoms with van der Waals surface area (Å²) in [4.78, 5) is 52.3. The van der Waals surface area contributed by atoms with E-state index in [4.69, 9.17) is 4.74 Å². The van der Waals surface area contributed by atoms with Crippen molar-refractivity contribution in [2.45, 2.75) is 39.3 Å². The Labute approximate surface area is 180 Å². The van der Waals surface area contributed by atoms with Crippen LogP contribution in [-0.2, 0) is 19.1 Å². The van der Waals surface area contributed by atoms with Crippen LogP contribution in [0.15, 0.2) is 36.4 Å². The van der Waals surface area contributed by atoms with Crippen LogP contribution in [0.25, 0.3) is 0 Å². The zero-order valence-electron chi connectivity index (χ0n) is 17.8. The Morgan fingerprint density at radius 2 is 1.52 bits per heavy atom. The fourth-order valence-corrected chi connectivity index (χ4v) is 5.70. The lowest BCUT2D eigenvalue weighted by Crippen LogP contribution is -2.46. The Kier molecular flexibility index (Phi) is 4.53. The van der Waals surface area contributed by atoms with Gasteiger partial charge >= 0.3 is 5.97 Å². The molecule has 1 N–H and O–H groups in total. The van der Waals surface area contributed by atoms with Gasteiger partial charge in [-0.1, -0.05) is 12.2 Å². The highest BCUT2D eigenvalue weighted by molar-refractivity contribution is 6.10. The number of imide groups is 1. The van der Waals surface area contributed by atoms with Crippen LogP contribution in [0.5, 0.6) is 0 Å². The molecule has 3 amide bonds. The molecule has 7 heteroatoms. The quantitative estimate of drug-likeness (QED) is 0.447. The molecule has 1 aromatic rings. The maximum absolute atomic E-state index is 13.1. The van der Waals surface area contributed by atoms with E-state index < -0.39 is 17.9 Å². The van der Waals surface area contributed by atoms with Gasteiger partial charge in [-0.15, -0.1) is 0 Å². The molecule has 5 aliphatic rings. The van der Waals surface area contributed by atoms with Gasteiger partial charge in [0.15, 0.2) is 0 Å². The normalized spacial score (nSPS) is 33.2. The second kappa shape index (κ2) is 7.04. The highest BCUT2D eigenvalue weighted by Gasteiger charge is 2.67. The first-order valence-corrected chi connectivity index (χ1v) is 10.9. The number of rotatable bonds is 5. The highest BCUT2D eigenvalue weighted by Crippen LogP contribution is 2.65. The third kappa shape index (κ3) is 3.09. The van der Waals surface area contributed by atoms with Crippen LogP contribution in [0.1, 0.15) is 37.6 Å². The predicted octanol–water partition coefficient (Wildman–Crippen LogP) is 2.63. The van der Waals surface area contributed by atoms with Crippen LogP contribution < -0.4 is 5.32 Å². The summed E-state index contributed by atoms with van der Waals surface area (Å²) in [6.45, 7) is 5.14. The van der Waals surface area contributed by atoms with Crippen molar-refractivity contribution < 1.29 is 23.9 Å². The number of nitrogens with zero attached hydrogens (tertiary/aromatic N) is 1. The van der Waals surface area contributed by atoms with E-state index in [-0.39, 0.29) is 41.6 Å². The molecule has 0 spiro atoms. The van der Waals surface area contributed by atoms with Gasteiger partial charge in [0.2, 0.25) is 17.7 Å². The van der Waals surface area contributed by atoms with Crippen molar-refractivity contribution in [3.63, 3.8) is 0 Å². The van der Waals surface area contributed by atoms with Crippen LogP contribution in [0.2, 0.25) is 0 Å². The second-order valence-electron chi connectivity index (χ2n) is 9.40. The number of nitrogens with one attached hydrogen (secondary N) is 1. The molecule has 1 aromatic carbocycles. The standard InChI is InChI=1S/C24H26N2O5/c1-11(2)31-24(30)13-4-6-14(7-5-13)25-21(27)12(3)26-22(28)19-15-8-9-16(18-10-17(15)18)20(19)23(26)29/h4-9,11-12,15-20H,10H2,1-3H3,(H,25,27)/t12-,15-,16-,17-,18-,19+,20+/m0/s1. The van der Waals surface area contributed by atoms with Crippen LogP contribution in [0, 0.1) is 35.5 Å². The SMILES string of the molecule is CC(C)OC(=O)c1ccc(NC(=O)[C@H](C)N2C(=O)[C@@H]3[C@H]4C=C[C@@H]([C@@H]5C[C@@H]45)[C@H]3C2=O)cc1. The van der Waals surface area contributed by atoms with Gasteiger partial charge < -0.3 is 10.1 Å². The first kappa shape index (κ1) is 20.0. The third-order valence-electron chi connectivity index (χ3n) is 7.19. The van der Waals surface area contributed by atoms with Gasteiger partial charge in [0.05, 0.1) is 23.5 Å². The van der Waals surface area contributed by atoms with Crippen LogP contribution in [0.3, 0.4) is 0 Å². The smallest absolute Gasteiger partial charge is 0.338 e. The summed E-state index contributed by atoms with van der Waals surface area (Å²) >= 11 is 0. The molecule has 1 heterocycles. The summed E-state index contributed by atoms with van der Waals surface area (Å²) in [5.41, 5.74) is 0.868. The van der Waals surface area contributed by atoms with E-state index in [1.807, 2.05) is 0 Å². The van der Waals surface area contributed by atoms with Crippen LogP contribution in [-0.4, -0.2) is 40.7 Å². The largest absolute Gasteiger partial charge is 0.459 e. The minimum Gasteiger partial charge on any atom is -0.459 e. The number of anilines is 1. The summed E-state index contributed by atoms with van der Waals surface area (Å²) < 4.78 is 5.15. The lowest BCUT2D eigenvalue weighted by molar-refractivity contribution is -0.146. The molecule has 4 aliphatic carbocycles. The number of amides is 3. The molecule has 0 unspecified atom stereocenters. The lowest BCUT2D eigenvalue weighted by Gasteiger charge is -2.37. The number of esters is 1. The molecule has 162 valence electrons. The maximum Gasteiger partial charge on any atom is 0.338 e.